The smallest absolute Gasteiger partial charge is 0.215 e. The Morgan fingerprint density at radius 1 is 1.33 bits per heavy atom. The molecular weight excluding hydrogens is 288 g/mol. The Hall–Kier alpha value is -1.02. The van der Waals surface area contributed by atoms with Crippen molar-refractivity contribution < 1.29 is 8.42 Å². The van der Waals surface area contributed by atoms with Crippen LogP contribution in [0.15, 0.2) is 24.4 Å². The predicted octanol–water partition coefficient (Wildman–Crippen LogP) is -0.209. The maximum atomic E-state index is 12.3. The highest BCUT2D eigenvalue weighted by atomic mass is 32.2. The van der Waals surface area contributed by atoms with E-state index in [2.05, 4.69) is 15.2 Å². The Balaban J connectivity index is 1.78. The molecule has 2 heterocycles. The summed E-state index contributed by atoms with van der Waals surface area (Å²) in [7, 11) is -1.54. The second-order valence-corrected chi connectivity index (χ2v) is 7.50. The van der Waals surface area contributed by atoms with E-state index >= 15 is 0 Å². The van der Waals surface area contributed by atoms with Crippen molar-refractivity contribution in [2.75, 3.05) is 52.1 Å². The third-order valence-electron chi connectivity index (χ3n) is 3.76. The zero-order valence-electron chi connectivity index (χ0n) is 12.5. The first-order chi connectivity index (χ1) is 10.1. The molecule has 0 spiro atoms. The molecule has 0 amide bonds. The lowest BCUT2D eigenvalue weighted by molar-refractivity contribution is 0.253. The van der Waals surface area contributed by atoms with Crippen molar-refractivity contribution in [3.05, 3.63) is 30.1 Å². The molecule has 21 heavy (non-hydrogen) atoms. The largest absolute Gasteiger partial charge is 0.314 e. The summed E-state index contributed by atoms with van der Waals surface area (Å²) < 4.78 is 26.0. The Labute approximate surface area is 127 Å². The third-order valence-corrected chi connectivity index (χ3v) is 5.59. The van der Waals surface area contributed by atoms with Gasteiger partial charge in [0.2, 0.25) is 10.0 Å². The summed E-state index contributed by atoms with van der Waals surface area (Å²) >= 11 is 0. The molecule has 1 aromatic heterocycles. The first kappa shape index (κ1) is 16.4. The van der Waals surface area contributed by atoms with Gasteiger partial charge in [0.25, 0.3) is 0 Å². The minimum atomic E-state index is -3.19. The van der Waals surface area contributed by atoms with Gasteiger partial charge in [0.05, 0.1) is 5.75 Å². The monoisotopic (exact) mass is 312 g/mol. The molecule has 1 aromatic rings. The Morgan fingerprint density at radius 2 is 2.10 bits per heavy atom. The number of sulfonamides is 1. The number of likely N-dealkylation sites (N-methyl/N-ethyl adjacent to an activating group) is 1. The zero-order valence-corrected chi connectivity index (χ0v) is 13.3. The lowest BCUT2D eigenvalue weighted by Crippen LogP contribution is -2.46. The van der Waals surface area contributed by atoms with E-state index in [0.29, 0.717) is 19.5 Å². The van der Waals surface area contributed by atoms with Crippen LogP contribution < -0.4 is 5.32 Å². The first-order valence-electron chi connectivity index (χ1n) is 7.35. The van der Waals surface area contributed by atoms with Crippen molar-refractivity contribution >= 4 is 10.0 Å². The molecule has 1 fully saturated rings. The summed E-state index contributed by atoms with van der Waals surface area (Å²) in [5, 5.41) is 3.26. The quantitative estimate of drug-likeness (QED) is 0.755. The fourth-order valence-electron chi connectivity index (χ4n) is 2.29. The van der Waals surface area contributed by atoms with Crippen molar-refractivity contribution in [1.29, 1.82) is 0 Å². The fraction of sp³-hybridized carbons (Fsp3) is 0.643. The SMILES string of the molecule is CN(CCc1ccccn1)S(=O)(=O)CCN1CCNCC1. The van der Waals surface area contributed by atoms with Gasteiger partial charge in [0.1, 0.15) is 0 Å². The molecular formula is C14H24N4O2S. The van der Waals surface area contributed by atoms with Gasteiger partial charge in [-0.15, -0.1) is 0 Å². The maximum absolute atomic E-state index is 12.3. The molecule has 1 saturated heterocycles. The van der Waals surface area contributed by atoms with Gasteiger partial charge in [-0.3, -0.25) is 9.88 Å². The molecule has 7 heteroatoms. The van der Waals surface area contributed by atoms with E-state index in [4.69, 9.17) is 0 Å². The topological polar surface area (TPSA) is 65.5 Å². The van der Waals surface area contributed by atoms with Crippen LogP contribution in [0.25, 0.3) is 0 Å². The molecule has 0 saturated carbocycles. The van der Waals surface area contributed by atoms with Crippen molar-refractivity contribution in [3.63, 3.8) is 0 Å². The van der Waals surface area contributed by atoms with Gasteiger partial charge in [-0.1, -0.05) is 6.07 Å². The summed E-state index contributed by atoms with van der Waals surface area (Å²) in [5.74, 6) is 0.186. The summed E-state index contributed by atoms with van der Waals surface area (Å²) in [5.41, 5.74) is 0.918. The van der Waals surface area contributed by atoms with E-state index in [9.17, 15) is 8.42 Å². The molecule has 1 aliphatic heterocycles. The molecule has 0 bridgehead atoms. The molecule has 2 rings (SSSR count). The molecule has 0 aliphatic carbocycles. The minimum Gasteiger partial charge on any atom is -0.314 e. The Bertz CT molecular complexity index is 515. The van der Waals surface area contributed by atoms with Crippen LogP contribution in [0.5, 0.6) is 0 Å². The highest BCUT2D eigenvalue weighted by molar-refractivity contribution is 7.89. The van der Waals surface area contributed by atoms with Gasteiger partial charge >= 0.3 is 0 Å². The van der Waals surface area contributed by atoms with Gasteiger partial charge in [-0.25, -0.2) is 12.7 Å². The number of hydrogen-bond donors (Lipinski definition) is 1. The number of hydrogen-bond acceptors (Lipinski definition) is 5. The van der Waals surface area contributed by atoms with Gasteiger partial charge in [-0.05, 0) is 12.1 Å². The van der Waals surface area contributed by atoms with Gasteiger partial charge < -0.3 is 5.32 Å². The molecule has 1 aliphatic rings. The van der Waals surface area contributed by atoms with E-state index in [-0.39, 0.29) is 5.75 Å². The average Bonchev–Trinajstić information content (AvgIpc) is 2.52. The standard InChI is InChI=1S/C14H24N4O2S/c1-17(9-5-14-4-2-3-6-16-14)21(19,20)13-12-18-10-7-15-8-11-18/h2-4,6,15H,5,7-13H2,1H3. The minimum absolute atomic E-state index is 0.186. The summed E-state index contributed by atoms with van der Waals surface area (Å²) in [6.45, 7) is 4.81. The molecule has 6 nitrogen and oxygen atoms in total. The van der Waals surface area contributed by atoms with E-state index in [1.165, 1.54) is 4.31 Å². The van der Waals surface area contributed by atoms with Crippen LogP contribution in [-0.4, -0.2) is 74.7 Å². The van der Waals surface area contributed by atoms with Crippen LogP contribution >= 0.6 is 0 Å². The van der Waals surface area contributed by atoms with Gasteiger partial charge in [0, 0.05) is 64.6 Å². The number of nitrogens with zero attached hydrogens (tertiary/aromatic N) is 3. The van der Waals surface area contributed by atoms with Crippen LogP contribution in [0, 0.1) is 0 Å². The van der Waals surface area contributed by atoms with Crippen LogP contribution in [0.2, 0.25) is 0 Å². The number of nitrogens with one attached hydrogen (secondary N) is 1. The summed E-state index contributed by atoms with van der Waals surface area (Å²) in [4.78, 5) is 6.41. The summed E-state index contributed by atoms with van der Waals surface area (Å²) in [6.07, 6.45) is 2.37. The number of aromatic nitrogens is 1. The van der Waals surface area contributed by atoms with Gasteiger partial charge in [0.15, 0.2) is 0 Å². The zero-order chi connectivity index (χ0) is 15.1. The van der Waals surface area contributed by atoms with Crippen molar-refractivity contribution in [2.24, 2.45) is 0 Å². The van der Waals surface area contributed by atoms with Crippen molar-refractivity contribution in [2.45, 2.75) is 6.42 Å². The number of rotatable bonds is 7. The molecule has 0 atom stereocenters. The van der Waals surface area contributed by atoms with Crippen molar-refractivity contribution in [1.82, 2.24) is 19.5 Å². The second kappa shape index (κ2) is 7.84. The van der Waals surface area contributed by atoms with E-state index in [1.807, 2.05) is 18.2 Å². The molecule has 1 N–H and O–H groups in total. The summed E-state index contributed by atoms with van der Waals surface area (Å²) in [6, 6.07) is 5.69. The number of pyridine rings is 1. The lowest BCUT2D eigenvalue weighted by atomic mass is 10.3. The Morgan fingerprint density at radius 3 is 2.76 bits per heavy atom. The fourth-order valence-corrected chi connectivity index (χ4v) is 3.46. The van der Waals surface area contributed by atoms with E-state index in [1.54, 1.807) is 13.2 Å². The lowest BCUT2D eigenvalue weighted by Gasteiger charge is -2.27. The van der Waals surface area contributed by atoms with Crippen molar-refractivity contribution in [3.8, 4) is 0 Å². The Kier molecular flexibility index (Phi) is 6.10. The van der Waals surface area contributed by atoms with Crippen LogP contribution in [0.3, 0.4) is 0 Å². The highest BCUT2D eigenvalue weighted by Gasteiger charge is 2.20. The van der Waals surface area contributed by atoms with Crippen LogP contribution in [0.4, 0.5) is 0 Å². The molecule has 0 radical (unpaired) electrons. The molecule has 0 unspecified atom stereocenters. The van der Waals surface area contributed by atoms with E-state index in [0.717, 1.165) is 31.9 Å². The van der Waals surface area contributed by atoms with E-state index < -0.39 is 10.0 Å². The normalized spacial score (nSPS) is 17.2. The van der Waals surface area contributed by atoms with Crippen LogP contribution in [0.1, 0.15) is 5.69 Å². The van der Waals surface area contributed by atoms with Gasteiger partial charge in [-0.2, -0.15) is 0 Å². The highest BCUT2D eigenvalue weighted by Crippen LogP contribution is 2.03. The van der Waals surface area contributed by atoms with Crippen LogP contribution in [-0.2, 0) is 16.4 Å². The molecule has 118 valence electrons. The maximum Gasteiger partial charge on any atom is 0.215 e. The third kappa shape index (κ3) is 5.35. The predicted molar refractivity (Wildman–Crippen MR) is 83.7 cm³/mol. The average molecular weight is 312 g/mol. The molecule has 0 aromatic carbocycles. The number of piperazine rings is 1. The first-order valence-corrected chi connectivity index (χ1v) is 8.96. The second-order valence-electron chi connectivity index (χ2n) is 5.30.